The summed E-state index contributed by atoms with van der Waals surface area (Å²) in [4.78, 5) is 0. The van der Waals surface area contributed by atoms with Gasteiger partial charge >= 0.3 is 0 Å². The van der Waals surface area contributed by atoms with E-state index in [1.54, 1.807) is 14.2 Å². The summed E-state index contributed by atoms with van der Waals surface area (Å²) >= 11 is 6.19. The van der Waals surface area contributed by atoms with Crippen LogP contribution in [-0.2, 0) is 0 Å². The van der Waals surface area contributed by atoms with E-state index in [0.717, 1.165) is 30.6 Å². The molecule has 0 aliphatic rings. The highest BCUT2D eigenvalue weighted by atomic mass is 35.5. The highest BCUT2D eigenvalue weighted by Crippen LogP contribution is 2.37. The van der Waals surface area contributed by atoms with Gasteiger partial charge in [0.05, 0.1) is 19.2 Å². The maximum absolute atomic E-state index is 6.19. The topological polar surface area (TPSA) is 44.5 Å². The van der Waals surface area contributed by atoms with Crippen LogP contribution < -0.4 is 15.2 Å². The van der Waals surface area contributed by atoms with Crippen molar-refractivity contribution in [3.05, 3.63) is 22.7 Å². The van der Waals surface area contributed by atoms with E-state index in [4.69, 9.17) is 26.8 Å². The average molecular weight is 286 g/mol. The summed E-state index contributed by atoms with van der Waals surface area (Å²) in [6, 6.07) is 4.04. The Labute approximate surface area is 121 Å². The number of methoxy groups -OCH3 is 2. The van der Waals surface area contributed by atoms with Gasteiger partial charge in [-0.25, -0.2) is 0 Å². The third kappa shape index (κ3) is 4.29. The van der Waals surface area contributed by atoms with Gasteiger partial charge in [-0.2, -0.15) is 0 Å². The molecular formula is C15H24ClNO2. The second-order valence-corrected chi connectivity index (χ2v) is 5.28. The fourth-order valence-corrected chi connectivity index (χ4v) is 2.34. The average Bonchev–Trinajstić information content (AvgIpc) is 2.43. The van der Waals surface area contributed by atoms with Crippen molar-refractivity contribution in [2.24, 2.45) is 5.73 Å². The van der Waals surface area contributed by atoms with Gasteiger partial charge in [-0.15, -0.1) is 0 Å². The molecule has 1 aromatic carbocycles. The van der Waals surface area contributed by atoms with Gasteiger partial charge in [0.15, 0.2) is 0 Å². The molecule has 0 aliphatic carbocycles. The van der Waals surface area contributed by atoms with E-state index in [1.165, 1.54) is 0 Å². The fourth-order valence-electron chi connectivity index (χ4n) is 2.09. The van der Waals surface area contributed by atoms with Crippen LogP contribution in [0.15, 0.2) is 12.1 Å². The highest BCUT2D eigenvalue weighted by Gasteiger charge is 2.16. The number of nitrogens with two attached hydrogens (primary N) is 1. The molecule has 19 heavy (non-hydrogen) atoms. The van der Waals surface area contributed by atoms with Crippen LogP contribution in [0, 0.1) is 0 Å². The van der Waals surface area contributed by atoms with Crippen molar-refractivity contribution >= 4 is 11.6 Å². The van der Waals surface area contributed by atoms with Gasteiger partial charge in [0.25, 0.3) is 0 Å². The first-order valence-corrected chi connectivity index (χ1v) is 7.08. The van der Waals surface area contributed by atoms with Crippen molar-refractivity contribution in [1.29, 1.82) is 0 Å². The van der Waals surface area contributed by atoms with Crippen molar-refractivity contribution < 1.29 is 9.47 Å². The monoisotopic (exact) mass is 285 g/mol. The summed E-state index contributed by atoms with van der Waals surface area (Å²) in [6.45, 7) is 4.28. The van der Waals surface area contributed by atoms with Crippen molar-refractivity contribution in [1.82, 2.24) is 0 Å². The molecule has 0 saturated carbocycles. The molecule has 2 atom stereocenters. The Balaban J connectivity index is 2.89. The Morgan fingerprint density at radius 2 is 1.79 bits per heavy atom. The summed E-state index contributed by atoms with van der Waals surface area (Å²) in [5.41, 5.74) is 7.08. The first-order valence-electron chi connectivity index (χ1n) is 6.70. The van der Waals surface area contributed by atoms with Crippen LogP contribution >= 0.6 is 11.6 Å². The van der Waals surface area contributed by atoms with Crippen LogP contribution in [0.1, 0.15) is 44.6 Å². The summed E-state index contributed by atoms with van der Waals surface area (Å²) in [7, 11) is 3.26. The second kappa shape index (κ2) is 7.61. The van der Waals surface area contributed by atoms with Gasteiger partial charge in [-0.05, 0) is 36.8 Å². The Morgan fingerprint density at radius 3 is 2.32 bits per heavy atom. The molecule has 0 radical (unpaired) electrons. The summed E-state index contributed by atoms with van der Waals surface area (Å²) in [6.07, 6.45) is 3.03. The van der Waals surface area contributed by atoms with E-state index in [1.807, 2.05) is 12.1 Å². The minimum atomic E-state index is 0.266. The van der Waals surface area contributed by atoms with Gasteiger partial charge in [-0.3, -0.25) is 0 Å². The van der Waals surface area contributed by atoms with Gasteiger partial charge < -0.3 is 15.2 Å². The first-order chi connectivity index (χ1) is 9.03. The van der Waals surface area contributed by atoms with Crippen LogP contribution in [0.25, 0.3) is 0 Å². The number of hydrogen-bond donors (Lipinski definition) is 1. The number of hydrogen-bond acceptors (Lipinski definition) is 3. The minimum absolute atomic E-state index is 0.266. The lowest BCUT2D eigenvalue weighted by molar-refractivity contribution is 0.387. The zero-order valence-corrected chi connectivity index (χ0v) is 13.0. The molecule has 2 N–H and O–H groups in total. The molecular weight excluding hydrogens is 262 g/mol. The lowest BCUT2D eigenvalue weighted by Crippen LogP contribution is -2.19. The molecule has 0 spiro atoms. The molecule has 0 heterocycles. The summed E-state index contributed by atoms with van der Waals surface area (Å²) in [5, 5.41) is 0.616. The van der Waals surface area contributed by atoms with Gasteiger partial charge in [0, 0.05) is 12.1 Å². The van der Waals surface area contributed by atoms with Crippen LogP contribution in [0.5, 0.6) is 11.5 Å². The molecule has 0 fully saturated rings. The Hall–Kier alpha value is -0.930. The van der Waals surface area contributed by atoms with E-state index < -0.39 is 0 Å². The van der Waals surface area contributed by atoms with Crippen molar-refractivity contribution in [2.75, 3.05) is 14.2 Å². The molecule has 108 valence electrons. The van der Waals surface area contributed by atoms with E-state index in [9.17, 15) is 0 Å². The molecule has 3 nitrogen and oxygen atoms in total. The molecule has 0 aromatic heterocycles. The van der Waals surface area contributed by atoms with Crippen LogP contribution in [0.4, 0.5) is 0 Å². The smallest absolute Gasteiger partial charge is 0.141 e. The number of halogens is 1. The van der Waals surface area contributed by atoms with Gasteiger partial charge in [0.2, 0.25) is 0 Å². The summed E-state index contributed by atoms with van der Waals surface area (Å²) < 4.78 is 10.6. The lowest BCUT2D eigenvalue weighted by atomic mass is 9.93. The summed E-state index contributed by atoms with van der Waals surface area (Å²) in [5.74, 6) is 1.81. The Morgan fingerprint density at radius 1 is 1.16 bits per heavy atom. The standard InChI is InChI=1S/C15H24ClNO2/c1-5-11(17)7-6-10(2)12-8-13(16)15(19-4)9-14(12)18-3/h8-11H,5-7,17H2,1-4H3. The minimum Gasteiger partial charge on any atom is -0.496 e. The highest BCUT2D eigenvalue weighted by molar-refractivity contribution is 6.32. The molecule has 4 heteroatoms. The quantitative estimate of drug-likeness (QED) is 0.824. The Kier molecular flexibility index (Phi) is 6.46. The fraction of sp³-hybridized carbons (Fsp3) is 0.600. The third-order valence-electron chi connectivity index (χ3n) is 3.53. The zero-order valence-electron chi connectivity index (χ0n) is 12.2. The molecule has 0 saturated heterocycles. The number of rotatable bonds is 7. The van der Waals surface area contributed by atoms with Crippen molar-refractivity contribution in [2.45, 2.75) is 45.1 Å². The van der Waals surface area contributed by atoms with Crippen molar-refractivity contribution in [3.63, 3.8) is 0 Å². The van der Waals surface area contributed by atoms with E-state index in [-0.39, 0.29) is 6.04 Å². The van der Waals surface area contributed by atoms with Crippen LogP contribution in [0.2, 0.25) is 5.02 Å². The number of benzene rings is 1. The Bertz CT molecular complexity index is 409. The normalized spacial score (nSPS) is 14.0. The van der Waals surface area contributed by atoms with E-state index in [0.29, 0.717) is 16.7 Å². The van der Waals surface area contributed by atoms with Crippen molar-refractivity contribution in [3.8, 4) is 11.5 Å². The predicted octanol–water partition coefficient (Wildman–Crippen LogP) is 3.98. The molecule has 0 aliphatic heterocycles. The maximum Gasteiger partial charge on any atom is 0.141 e. The van der Waals surface area contributed by atoms with Gasteiger partial charge in [0.1, 0.15) is 11.5 Å². The van der Waals surface area contributed by atoms with Crippen LogP contribution in [-0.4, -0.2) is 20.3 Å². The first kappa shape index (κ1) is 16.1. The third-order valence-corrected chi connectivity index (χ3v) is 3.83. The van der Waals surface area contributed by atoms with E-state index >= 15 is 0 Å². The largest absolute Gasteiger partial charge is 0.496 e. The van der Waals surface area contributed by atoms with E-state index in [2.05, 4.69) is 13.8 Å². The lowest BCUT2D eigenvalue weighted by Gasteiger charge is -2.19. The predicted molar refractivity (Wildman–Crippen MR) is 80.5 cm³/mol. The molecule has 1 rings (SSSR count). The number of ether oxygens (including phenoxy) is 2. The molecule has 1 aromatic rings. The zero-order chi connectivity index (χ0) is 14.4. The molecule has 2 unspecified atom stereocenters. The second-order valence-electron chi connectivity index (χ2n) is 4.88. The van der Waals surface area contributed by atoms with Gasteiger partial charge in [-0.1, -0.05) is 25.4 Å². The molecule has 0 amide bonds. The molecule has 0 bridgehead atoms. The maximum atomic E-state index is 6.19. The SMILES string of the molecule is CCC(N)CCC(C)c1cc(Cl)c(OC)cc1OC. The van der Waals surface area contributed by atoms with Crippen LogP contribution in [0.3, 0.4) is 0 Å².